The fraction of sp³-hybridized carbons (Fsp3) is 0.923. The van der Waals surface area contributed by atoms with Crippen LogP contribution in [0, 0.1) is 5.92 Å². The summed E-state index contributed by atoms with van der Waals surface area (Å²) >= 11 is 0. The molecule has 0 radical (unpaired) electrons. The van der Waals surface area contributed by atoms with Crippen LogP contribution in [0.3, 0.4) is 0 Å². The van der Waals surface area contributed by atoms with Crippen LogP contribution in [0.5, 0.6) is 0 Å². The quantitative estimate of drug-likeness (QED) is 0.774. The maximum absolute atomic E-state index is 12.3. The first kappa shape index (κ1) is 12.7. The molecular formula is C13H25NO. The van der Waals surface area contributed by atoms with E-state index in [4.69, 9.17) is 0 Å². The Bertz CT molecular complexity index is 215. The summed E-state index contributed by atoms with van der Waals surface area (Å²) in [5.74, 6) is 0.560. The standard InChI is InChI=1S/C13H25NO/c1-10(2)12(15)13(14-11(3)4)8-6-5-7-9-13/h10-11,14H,5-9H2,1-4H3. The summed E-state index contributed by atoms with van der Waals surface area (Å²) in [5.41, 5.74) is -0.208. The summed E-state index contributed by atoms with van der Waals surface area (Å²) in [6.07, 6.45) is 5.73. The van der Waals surface area contributed by atoms with Crippen molar-refractivity contribution < 1.29 is 4.79 Å². The predicted molar refractivity (Wildman–Crippen MR) is 63.9 cm³/mol. The minimum Gasteiger partial charge on any atom is -0.303 e. The third kappa shape index (κ3) is 3.04. The lowest BCUT2D eigenvalue weighted by molar-refractivity contribution is -0.130. The second kappa shape index (κ2) is 5.11. The van der Waals surface area contributed by atoms with Gasteiger partial charge in [-0.25, -0.2) is 0 Å². The molecule has 2 heteroatoms. The minimum atomic E-state index is -0.208. The summed E-state index contributed by atoms with van der Waals surface area (Å²) in [4.78, 5) is 12.3. The van der Waals surface area contributed by atoms with Crippen molar-refractivity contribution in [2.75, 3.05) is 0 Å². The smallest absolute Gasteiger partial charge is 0.155 e. The topological polar surface area (TPSA) is 29.1 Å². The molecule has 0 unspecified atom stereocenters. The Morgan fingerprint density at radius 2 is 1.60 bits per heavy atom. The van der Waals surface area contributed by atoms with Crippen LogP contribution in [-0.4, -0.2) is 17.4 Å². The van der Waals surface area contributed by atoms with Gasteiger partial charge in [-0.1, -0.05) is 33.1 Å². The third-order valence-corrected chi connectivity index (χ3v) is 3.27. The van der Waals surface area contributed by atoms with Gasteiger partial charge in [0.05, 0.1) is 5.54 Å². The van der Waals surface area contributed by atoms with Crippen molar-refractivity contribution in [1.29, 1.82) is 0 Å². The molecule has 0 bridgehead atoms. The van der Waals surface area contributed by atoms with Gasteiger partial charge in [-0.2, -0.15) is 0 Å². The molecule has 0 saturated heterocycles. The van der Waals surface area contributed by atoms with Crippen LogP contribution in [0.15, 0.2) is 0 Å². The van der Waals surface area contributed by atoms with E-state index in [9.17, 15) is 4.79 Å². The highest BCUT2D eigenvalue weighted by atomic mass is 16.1. The van der Waals surface area contributed by atoms with E-state index in [-0.39, 0.29) is 11.5 Å². The first-order valence-electron chi connectivity index (χ1n) is 6.30. The SMILES string of the molecule is CC(C)NC1(C(=O)C(C)C)CCCCC1. The summed E-state index contributed by atoms with van der Waals surface area (Å²) in [5, 5.41) is 3.53. The first-order valence-corrected chi connectivity index (χ1v) is 6.30. The monoisotopic (exact) mass is 211 g/mol. The largest absolute Gasteiger partial charge is 0.303 e. The summed E-state index contributed by atoms with van der Waals surface area (Å²) in [6, 6.07) is 0.394. The second-order valence-electron chi connectivity index (χ2n) is 5.46. The molecule has 0 aliphatic heterocycles. The maximum atomic E-state index is 12.3. The van der Waals surface area contributed by atoms with Crippen LogP contribution in [0.2, 0.25) is 0 Å². The highest BCUT2D eigenvalue weighted by Gasteiger charge is 2.40. The van der Waals surface area contributed by atoms with E-state index < -0.39 is 0 Å². The van der Waals surface area contributed by atoms with Crippen LogP contribution in [0.25, 0.3) is 0 Å². The highest BCUT2D eigenvalue weighted by Crippen LogP contribution is 2.31. The molecule has 0 atom stereocenters. The van der Waals surface area contributed by atoms with E-state index in [0.29, 0.717) is 11.8 Å². The number of rotatable bonds is 4. The number of nitrogens with one attached hydrogen (secondary N) is 1. The van der Waals surface area contributed by atoms with Gasteiger partial charge in [-0.3, -0.25) is 4.79 Å². The summed E-state index contributed by atoms with van der Waals surface area (Å²) in [7, 11) is 0. The maximum Gasteiger partial charge on any atom is 0.155 e. The Morgan fingerprint density at radius 3 is 2.00 bits per heavy atom. The predicted octanol–water partition coefficient (Wildman–Crippen LogP) is 2.91. The Labute approximate surface area is 93.8 Å². The fourth-order valence-electron chi connectivity index (χ4n) is 2.72. The molecule has 1 aliphatic rings. The molecule has 1 aliphatic carbocycles. The zero-order valence-electron chi connectivity index (χ0n) is 10.6. The molecular weight excluding hydrogens is 186 g/mol. The van der Waals surface area contributed by atoms with Crippen LogP contribution in [0.4, 0.5) is 0 Å². The lowest BCUT2D eigenvalue weighted by Gasteiger charge is -2.39. The number of hydrogen-bond acceptors (Lipinski definition) is 2. The van der Waals surface area contributed by atoms with E-state index in [1.54, 1.807) is 0 Å². The molecule has 0 aromatic rings. The van der Waals surface area contributed by atoms with Gasteiger partial charge >= 0.3 is 0 Å². The molecule has 0 heterocycles. The lowest BCUT2D eigenvalue weighted by Crippen LogP contribution is -2.57. The van der Waals surface area contributed by atoms with Crippen molar-refractivity contribution in [1.82, 2.24) is 5.32 Å². The number of carbonyl (C=O) groups excluding carboxylic acids is 1. The molecule has 1 fully saturated rings. The van der Waals surface area contributed by atoms with E-state index in [0.717, 1.165) is 12.8 Å². The second-order valence-corrected chi connectivity index (χ2v) is 5.46. The van der Waals surface area contributed by atoms with Gasteiger partial charge in [0.15, 0.2) is 5.78 Å². The molecule has 88 valence electrons. The highest BCUT2D eigenvalue weighted by molar-refractivity contribution is 5.90. The Morgan fingerprint density at radius 1 is 1.07 bits per heavy atom. The number of Topliss-reactive ketones (excluding diaryl/α,β-unsaturated/α-hetero) is 1. The van der Waals surface area contributed by atoms with Gasteiger partial charge in [-0.15, -0.1) is 0 Å². The molecule has 0 aromatic carbocycles. The van der Waals surface area contributed by atoms with Crippen molar-refractivity contribution in [2.45, 2.75) is 71.4 Å². The normalized spacial score (nSPS) is 20.9. The zero-order valence-corrected chi connectivity index (χ0v) is 10.6. The van der Waals surface area contributed by atoms with Crippen LogP contribution in [0.1, 0.15) is 59.8 Å². The molecule has 0 spiro atoms. The Kier molecular flexibility index (Phi) is 4.32. The average molecular weight is 211 g/mol. The third-order valence-electron chi connectivity index (χ3n) is 3.27. The Hall–Kier alpha value is -0.370. The number of hydrogen-bond donors (Lipinski definition) is 1. The zero-order chi connectivity index (χ0) is 11.5. The number of ketones is 1. The lowest BCUT2D eigenvalue weighted by atomic mass is 9.75. The molecule has 0 amide bonds. The molecule has 2 nitrogen and oxygen atoms in total. The van der Waals surface area contributed by atoms with E-state index in [1.165, 1.54) is 19.3 Å². The van der Waals surface area contributed by atoms with Crippen LogP contribution in [-0.2, 0) is 4.79 Å². The Balaban J connectivity index is 2.79. The molecule has 1 rings (SSSR count). The summed E-state index contributed by atoms with van der Waals surface area (Å²) < 4.78 is 0. The van der Waals surface area contributed by atoms with Crippen molar-refractivity contribution in [3.63, 3.8) is 0 Å². The van der Waals surface area contributed by atoms with Gasteiger partial charge in [0.2, 0.25) is 0 Å². The number of carbonyl (C=O) groups is 1. The van der Waals surface area contributed by atoms with Crippen molar-refractivity contribution in [3.05, 3.63) is 0 Å². The van der Waals surface area contributed by atoms with Crippen LogP contribution >= 0.6 is 0 Å². The van der Waals surface area contributed by atoms with Crippen molar-refractivity contribution >= 4 is 5.78 Å². The van der Waals surface area contributed by atoms with Crippen LogP contribution < -0.4 is 5.32 Å². The minimum absolute atomic E-state index is 0.148. The first-order chi connectivity index (χ1) is 6.98. The van der Waals surface area contributed by atoms with E-state index >= 15 is 0 Å². The van der Waals surface area contributed by atoms with Gasteiger partial charge < -0.3 is 5.32 Å². The summed E-state index contributed by atoms with van der Waals surface area (Å²) in [6.45, 7) is 8.29. The van der Waals surface area contributed by atoms with E-state index in [2.05, 4.69) is 19.2 Å². The average Bonchev–Trinajstić information content (AvgIpc) is 2.16. The van der Waals surface area contributed by atoms with Gasteiger partial charge in [0.25, 0.3) is 0 Å². The van der Waals surface area contributed by atoms with Gasteiger partial charge in [0, 0.05) is 12.0 Å². The molecule has 1 saturated carbocycles. The van der Waals surface area contributed by atoms with E-state index in [1.807, 2.05) is 13.8 Å². The van der Waals surface area contributed by atoms with Crippen molar-refractivity contribution in [3.8, 4) is 0 Å². The fourth-order valence-corrected chi connectivity index (χ4v) is 2.72. The van der Waals surface area contributed by atoms with Gasteiger partial charge in [-0.05, 0) is 26.7 Å². The van der Waals surface area contributed by atoms with Gasteiger partial charge in [0.1, 0.15) is 0 Å². The molecule has 1 N–H and O–H groups in total. The molecule has 15 heavy (non-hydrogen) atoms. The van der Waals surface area contributed by atoms with Crippen molar-refractivity contribution in [2.24, 2.45) is 5.92 Å². The molecule has 0 aromatic heterocycles.